The third-order valence-electron chi connectivity index (χ3n) is 3.43. The van der Waals surface area contributed by atoms with Crippen LogP contribution in [0.15, 0.2) is 24.3 Å². The van der Waals surface area contributed by atoms with E-state index in [0.717, 1.165) is 19.6 Å². The standard InChI is InChI=1S/C16H28N2/c1-5-10-14(4)17-16-12-9-8-11-15(16)13-18(6-2)7-3/h8-9,11-12,14,17H,5-7,10,13H2,1-4H3. The first-order valence-corrected chi connectivity index (χ1v) is 7.28. The predicted molar refractivity (Wildman–Crippen MR) is 81.1 cm³/mol. The molecule has 0 aromatic heterocycles. The lowest BCUT2D eigenvalue weighted by Crippen LogP contribution is -2.23. The summed E-state index contributed by atoms with van der Waals surface area (Å²) in [4.78, 5) is 2.45. The topological polar surface area (TPSA) is 15.3 Å². The predicted octanol–water partition coefficient (Wildman–Crippen LogP) is 4.13. The van der Waals surface area contributed by atoms with Crippen LogP contribution >= 0.6 is 0 Å². The first kappa shape index (κ1) is 15.0. The molecule has 0 radical (unpaired) electrons. The molecule has 1 atom stereocenters. The van der Waals surface area contributed by atoms with Crippen LogP contribution in [0.25, 0.3) is 0 Å². The monoisotopic (exact) mass is 248 g/mol. The molecule has 0 spiro atoms. The zero-order valence-corrected chi connectivity index (χ0v) is 12.4. The van der Waals surface area contributed by atoms with E-state index in [-0.39, 0.29) is 0 Å². The second-order valence-corrected chi connectivity index (χ2v) is 4.95. The number of nitrogens with zero attached hydrogens (tertiary/aromatic N) is 1. The van der Waals surface area contributed by atoms with Crippen LogP contribution in [0, 0.1) is 0 Å². The van der Waals surface area contributed by atoms with E-state index in [1.807, 2.05) is 0 Å². The second-order valence-electron chi connectivity index (χ2n) is 4.95. The molecule has 0 saturated carbocycles. The summed E-state index contributed by atoms with van der Waals surface area (Å²) >= 11 is 0. The van der Waals surface area contributed by atoms with Gasteiger partial charge in [-0.25, -0.2) is 0 Å². The van der Waals surface area contributed by atoms with Gasteiger partial charge in [-0.2, -0.15) is 0 Å². The van der Waals surface area contributed by atoms with Gasteiger partial charge >= 0.3 is 0 Å². The average Bonchev–Trinajstić information content (AvgIpc) is 2.38. The van der Waals surface area contributed by atoms with Crippen molar-refractivity contribution in [3.05, 3.63) is 29.8 Å². The summed E-state index contributed by atoms with van der Waals surface area (Å²) in [5, 5.41) is 3.64. The van der Waals surface area contributed by atoms with Gasteiger partial charge in [0.2, 0.25) is 0 Å². The Morgan fingerprint density at radius 3 is 2.39 bits per heavy atom. The Balaban J connectivity index is 2.72. The summed E-state index contributed by atoms with van der Waals surface area (Å²) in [6.45, 7) is 12.2. The van der Waals surface area contributed by atoms with Crippen molar-refractivity contribution >= 4 is 5.69 Å². The van der Waals surface area contributed by atoms with Gasteiger partial charge in [-0.3, -0.25) is 4.90 Å². The molecule has 0 aliphatic carbocycles. The molecular formula is C16H28N2. The van der Waals surface area contributed by atoms with Crippen LogP contribution in [-0.4, -0.2) is 24.0 Å². The Morgan fingerprint density at radius 2 is 1.78 bits per heavy atom. The number of hydrogen-bond acceptors (Lipinski definition) is 2. The van der Waals surface area contributed by atoms with Crippen molar-refractivity contribution in [3.63, 3.8) is 0 Å². The van der Waals surface area contributed by atoms with E-state index >= 15 is 0 Å². The zero-order chi connectivity index (χ0) is 13.4. The molecule has 1 aromatic carbocycles. The fraction of sp³-hybridized carbons (Fsp3) is 0.625. The maximum absolute atomic E-state index is 3.64. The van der Waals surface area contributed by atoms with Crippen LogP contribution in [0.2, 0.25) is 0 Å². The van der Waals surface area contributed by atoms with Crippen molar-refractivity contribution in [1.29, 1.82) is 0 Å². The number of hydrogen-bond donors (Lipinski definition) is 1. The molecule has 1 unspecified atom stereocenters. The van der Waals surface area contributed by atoms with E-state index in [9.17, 15) is 0 Å². The molecule has 0 bridgehead atoms. The molecule has 1 rings (SSSR count). The van der Waals surface area contributed by atoms with Crippen LogP contribution in [0.3, 0.4) is 0 Å². The highest BCUT2D eigenvalue weighted by Gasteiger charge is 2.08. The molecule has 0 aliphatic rings. The van der Waals surface area contributed by atoms with Gasteiger partial charge < -0.3 is 5.32 Å². The van der Waals surface area contributed by atoms with Crippen molar-refractivity contribution < 1.29 is 0 Å². The maximum Gasteiger partial charge on any atom is 0.0387 e. The highest BCUT2D eigenvalue weighted by molar-refractivity contribution is 5.51. The van der Waals surface area contributed by atoms with Crippen molar-refractivity contribution in [2.75, 3.05) is 18.4 Å². The van der Waals surface area contributed by atoms with Gasteiger partial charge in [0, 0.05) is 18.3 Å². The van der Waals surface area contributed by atoms with Crippen LogP contribution < -0.4 is 5.32 Å². The van der Waals surface area contributed by atoms with Crippen molar-refractivity contribution in [2.45, 2.75) is 53.1 Å². The minimum atomic E-state index is 0.549. The van der Waals surface area contributed by atoms with Crippen molar-refractivity contribution in [1.82, 2.24) is 4.90 Å². The lowest BCUT2D eigenvalue weighted by atomic mass is 10.1. The Hall–Kier alpha value is -1.02. The summed E-state index contributed by atoms with van der Waals surface area (Å²) in [6.07, 6.45) is 2.45. The number of nitrogens with one attached hydrogen (secondary N) is 1. The summed E-state index contributed by atoms with van der Waals surface area (Å²) in [7, 11) is 0. The molecule has 0 fully saturated rings. The third kappa shape index (κ3) is 4.69. The van der Waals surface area contributed by atoms with E-state index in [1.54, 1.807) is 0 Å². The maximum atomic E-state index is 3.64. The Morgan fingerprint density at radius 1 is 1.11 bits per heavy atom. The largest absolute Gasteiger partial charge is 0.382 e. The van der Waals surface area contributed by atoms with E-state index in [1.165, 1.54) is 24.1 Å². The Kier molecular flexibility index (Phi) is 6.81. The van der Waals surface area contributed by atoms with Crippen LogP contribution in [0.1, 0.15) is 46.1 Å². The molecule has 0 saturated heterocycles. The first-order chi connectivity index (χ1) is 8.71. The Labute approximate surface area is 112 Å². The van der Waals surface area contributed by atoms with Gasteiger partial charge in [-0.05, 0) is 38.1 Å². The van der Waals surface area contributed by atoms with Gasteiger partial charge in [0.05, 0.1) is 0 Å². The van der Waals surface area contributed by atoms with Crippen molar-refractivity contribution in [2.24, 2.45) is 0 Å². The van der Waals surface area contributed by atoms with Gasteiger partial charge in [0.15, 0.2) is 0 Å². The van der Waals surface area contributed by atoms with Gasteiger partial charge in [0.25, 0.3) is 0 Å². The van der Waals surface area contributed by atoms with Crippen LogP contribution in [0.4, 0.5) is 5.69 Å². The molecule has 2 heteroatoms. The molecular weight excluding hydrogens is 220 g/mol. The minimum Gasteiger partial charge on any atom is -0.382 e. The smallest absolute Gasteiger partial charge is 0.0387 e. The fourth-order valence-corrected chi connectivity index (χ4v) is 2.26. The van der Waals surface area contributed by atoms with E-state index in [4.69, 9.17) is 0 Å². The highest BCUT2D eigenvalue weighted by Crippen LogP contribution is 2.19. The normalized spacial score (nSPS) is 12.7. The first-order valence-electron chi connectivity index (χ1n) is 7.28. The number of benzene rings is 1. The molecule has 1 N–H and O–H groups in total. The second kappa shape index (κ2) is 8.15. The lowest BCUT2D eigenvalue weighted by molar-refractivity contribution is 0.296. The molecule has 0 aliphatic heterocycles. The van der Waals surface area contributed by atoms with Crippen molar-refractivity contribution in [3.8, 4) is 0 Å². The van der Waals surface area contributed by atoms with E-state index in [0.29, 0.717) is 6.04 Å². The zero-order valence-electron chi connectivity index (χ0n) is 12.4. The number of para-hydroxylation sites is 1. The SMILES string of the molecule is CCCC(C)Nc1ccccc1CN(CC)CC. The summed E-state index contributed by atoms with van der Waals surface area (Å²) in [5.41, 5.74) is 2.70. The summed E-state index contributed by atoms with van der Waals surface area (Å²) in [5.74, 6) is 0. The quantitative estimate of drug-likeness (QED) is 0.744. The molecule has 2 nitrogen and oxygen atoms in total. The molecule has 0 heterocycles. The van der Waals surface area contributed by atoms with Gasteiger partial charge in [-0.15, -0.1) is 0 Å². The van der Waals surface area contributed by atoms with Gasteiger partial charge in [0.1, 0.15) is 0 Å². The van der Waals surface area contributed by atoms with E-state index in [2.05, 4.69) is 62.2 Å². The number of anilines is 1. The summed E-state index contributed by atoms with van der Waals surface area (Å²) in [6, 6.07) is 9.23. The van der Waals surface area contributed by atoms with E-state index < -0.39 is 0 Å². The molecule has 18 heavy (non-hydrogen) atoms. The average molecular weight is 248 g/mol. The summed E-state index contributed by atoms with van der Waals surface area (Å²) < 4.78 is 0. The fourth-order valence-electron chi connectivity index (χ4n) is 2.26. The molecule has 1 aromatic rings. The highest BCUT2D eigenvalue weighted by atomic mass is 15.1. The minimum absolute atomic E-state index is 0.549. The third-order valence-corrected chi connectivity index (χ3v) is 3.43. The molecule has 0 amide bonds. The van der Waals surface area contributed by atoms with Crippen LogP contribution in [0.5, 0.6) is 0 Å². The number of rotatable bonds is 8. The lowest BCUT2D eigenvalue weighted by Gasteiger charge is -2.22. The van der Waals surface area contributed by atoms with Crippen LogP contribution in [-0.2, 0) is 6.54 Å². The van der Waals surface area contributed by atoms with Gasteiger partial charge in [-0.1, -0.05) is 45.4 Å². The molecule has 102 valence electrons. The Bertz CT molecular complexity index is 332.